The van der Waals surface area contributed by atoms with Gasteiger partial charge in [0.05, 0.1) is 5.75 Å². The summed E-state index contributed by atoms with van der Waals surface area (Å²) in [6.07, 6.45) is 0. The zero-order valence-electron chi connectivity index (χ0n) is 10.2. The maximum Gasteiger partial charge on any atom is 0.321 e. The zero-order chi connectivity index (χ0) is 12.9. The van der Waals surface area contributed by atoms with Crippen LogP contribution in [0.1, 0.15) is 20.8 Å². The molecule has 0 fully saturated rings. The van der Waals surface area contributed by atoms with Gasteiger partial charge in [-0.05, 0) is 20.8 Å². The second-order valence-electron chi connectivity index (χ2n) is 4.12. The zero-order valence-corrected chi connectivity index (χ0v) is 11.0. The molecule has 0 saturated heterocycles. The molecular formula is C10H20N2O3S. The number of aliphatic carboxylic acids is 1. The van der Waals surface area contributed by atoms with Crippen LogP contribution in [0, 0.1) is 0 Å². The summed E-state index contributed by atoms with van der Waals surface area (Å²) >= 11 is 1.27. The summed E-state index contributed by atoms with van der Waals surface area (Å²) in [4.78, 5) is 23.9. The topological polar surface area (TPSA) is 83.6 Å². The van der Waals surface area contributed by atoms with Gasteiger partial charge in [0.1, 0.15) is 6.04 Å². The fraction of sp³-hybridized carbons (Fsp3) is 0.800. The summed E-state index contributed by atoms with van der Waals surface area (Å²) in [5, 5.41) is 8.80. The van der Waals surface area contributed by atoms with Gasteiger partial charge in [0.15, 0.2) is 0 Å². The van der Waals surface area contributed by atoms with E-state index in [-0.39, 0.29) is 11.7 Å². The minimum absolute atomic E-state index is 0.0156. The molecule has 3 N–H and O–H groups in total. The largest absolute Gasteiger partial charge is 0.480 e. The molecule has 1 amide bonds. The third-order valence-corrected chi connectivity index (χ3v) is 3.87. The van der Waals surface area contributed by atoms with Crippen LogP contribution >= 0.6 is 11.8 Å². The van der Waals surface area contributed by atoms with Crippen LogP contribution in [0.15, 0.2) is 0 Å². The lowest BCUT2D eigenvalue weighted by molar-refractivity contribution is -0.139. The quantitative estimate of drug-likeness (QED) is 0.710. The van der Waals surface area contributed by atoms with Crippen molar-refractivity contribution in [3.63, 3.8) is 0 Å². The Morgan fingerprint density at radius 2 is 2.00 bits per heavy atom. The lowest BCUT2D eigenvalue weighted by Gasteiger charge is -2.28. The van der Waals surface area contributed by atoms with E-state index >= 15 is 0 Å². The van der Waals surface area contributed by atoms with Gasteiger partial charge in [0.25, 0.3) is 0 Å². The number of hydrogen-bond donors (Lipinski definition) is 2. The Balaban J connectivity index is 4.29. The molecule has 0 aliphatic heterocycles. The number of amides is 1. The fourth-order valence-electron chi connectivity index (χ4n) is 0.921. The molecule has 1 atom stereocenters. The smallest absolute Gasteiger partial charge is 0.321 e. The van der Waals surface area contributed by atoms with E-state index in [1.54, 1.807) is 25.8 Å². The van der Waals surface area contributed by atoms with E-state index in [4.69, 9.17) is 10.8 Å². The highest BCUT2D eigenvalue weighted by atomic mass is 32.2. The standard InChI is InChI=1S/C10H20N2O3S/c1-5-12(4)7(13)6-16-10(2,3)8(11)9(14)15/h8H,5-6,11H2,1-4H3,(H,14,15)/t8-/m0/s1. The molecule has 0 aliphatic rings. The van der Waals surface area contributed by atoms with Crippen molar-refractivity contribution in [1.29, 1.82) is 0 Å². The van der Waals surface area contributed by atoms with E-state index in [0.29, 0.717) is 6.54 Å². The first-order chi connectivity index (χ1) is 7.22. The number of nitrogens with zero attached hydrogens (tertiary/aromatic N) is 1. The number of thioether (sulfide) groups is 1. The van der Waals surface area contributed by atoms with Gasteiger partial charge in [-0.25, -0.2) is 0 Å². The van der Waals surface area contributed by atoms with Gasteiger partial charge >= 0.3 is 5.97 Å². The van der Waals surface area contributed by atoms with Crippen molar-refractivity contribution in [2.75, 3.05) is 19.3 Å². The molecule has 0 aromatic rings. The van der Waals surface area contributed by atoms with E-state index < -0.39 is 16.8 Å². The van der Waals surface area contributed by atoms with Crippen molar-refractivity contribution >= 4 is 23.6 Å². The molecule has 0 rings (SSSR count). The minimum atomic E-state index is -1.05. The lowest BCUT2D eigenvalue weighted by Crippen LogP contribution is -2.47. The van der Waals surface area contributed by atoms with Crippen molar-refractivity contribution < 1.29 is 14.7 Å². The molecule has 6 heteroatoms. The second-order valence-corrected chi connectivity index (χ2v) is 5.75. The molecule has 5 nitrogen and oxygen atoms in total. The third kappa shape index (κ3) is 4.40. The highest BCUT2D eigenvalue weighted by Crippen LogP contribution is 2.27. The maximum atomic E-state index is 11.5. The second kappa shape index (κ2) is 6.10. The number of carboxylic acids is 1. The molecule has 0 aromatic carbocycles. The van der Waals surface area contributed by atoms with Crippen LogP contribution in [0.4, 0.5) is 0 Å². The van der Waals surface area contributed by atoms with Crippen molar-refractivity contribution in [2.45, 2.75) is 31.6 Å². The van der Waals surface area contributed by atoms with Gasteiger partial charge in [0.2, 0.25) is 5.91 Å². The van der Waals surface area contributed by atoms with Crippen molar-refractivity contribution in [3.05, 3.63) is 0 Å². The molecule has 0 saturated carbocycles. The molecule has 0 aromatic heterocycles. The van der Waals surface area contributed by atoms with Crippen LogP contribution in [-0.4, -0.2) is 52.0 Å². The number of carbonyl (C=O) groups excluding carboxylic acids is 1. The van der Waals surface area contributed by atoms with Gasteiger partial charge in [0, 0.05) is 18.3 Å². The summed E-state index contributed by atoms with van der Waals surface area (Å²) < 4.78 is -0.657. The Morgan fingerprint density at radius 1 is 1.50 bits per heavy atom. The SMILES string of the molecule is CCN(C)C(=O)CSC(C)(C)[C@@H](N)C(=O)O. The summed E-state index contributed by atoms with van der Waals surface area (Å²) in [6, 6.07) is -0.975. The third-order valence-electron chi connectivity index (χ3n) is 2.48. The Bertz CT molecular complexity index is 269. The summed E-state index contributed by atoms with van der Waals surface area (Å²) in [6.45, 7) is 5.99. The van der Waals surface area contributed by atoms with Gasteiger partial charge in [-0.2, -0.15) is 0 Å². The highest BCUT2D eigenvalue weighted by Gasteiger charge is 2.33. The number of carbonyl (C=O) groups is 2. The van der Waals surface area contributed by atoms with Crippen LogP contribution in [0.5, 0.6) is 0 Å². The molecule has 0 bridgehead atoms. The molecular weight excluding hydrogens is 228 g/mol. The van der Waals surface area contributed by atoms with Crippen LogP contribution in [-0.2, 0) is 9.59 Å². The van der Waals surface area contributed by atoms with Crippen LogP contribution in [0.25, 0.3) is 0 Å². The molecule has 94 valence electrons. The summed E-state index contributed by atoms with van der Waals surface area (Å²) in [5.74, 6) is -0.815. The molecule has 0 spiro atoms. The number of carboxylic acid groups (broad SMARTS) is 1. The Hall–Kier alpha value is -0.750. The van der Waals surface area contributed by atoms with E-state index in [1.807, 2.05) is 6.92 Å². The predicted octanol–water partition coefficient (Wildman–Crippen LogP) is 0.388. The molecule has 0 unspecified atom stereocenters. The first kappa shape index (κ1) is 15.2. The molecule has 0 radical (unpaired) electrons. The van der Waals surface area contributed by atoms with Gasteiger partial charge in [-0.3, -0.25) is 9.59 Å². The summed E-state index contributed by atoms with van der Waals surface area (Å²) in [7, 11) is 1.72. The van der Waals surface area contributed by atoms with E-state index in [9.17, 15) is 9.59 Å². The van der Waals surface area contributed by atoms with Crippen molar-refractivity contribution in [2.24, 2.45) is 5.73 Å². The van der Waals surface area contributed by atoms with Gasteiger partial charge in [-0.15, -0.1) is 11.8 Å². The normalized spacial score (nSPS) is 13.3. The van der Waals surface area contributed by atoms with Gasteiger partial charge < -0.3 is 15.7 Å². The predicted molar refractivity (Wildman–Crippen MR) is 65.5 cm³/mol. The van der Waals surface area contributed by atoms with Crippen LogP contribution in [0.3, 0.4) is 0 Å². The lowest BCUT2D eigenvalue weighted by atomic mass is 10.1. The molecule has 0 aliphatic carbocycles. The van der Waals surface area contributed by atoms with Crippen molar-refractivity contribution in [1.82, 2.24) is 4.90 Å². The first-order valence-corrected chi connectivity index (χ1v) is 6.07. The fourth-order valence-corrected chi connectivity index (χ4v) is 1.92. The Labute approximate surface area is 100 Å². The Morgan fingerprint density at radius 3 is 2.38 bits per heavy atom. The number of hydrogen-bond acceptors (Lipinski definition) is 4. The Kier molecular flexibility index (Phi) is 5.81. The number of rotatable bonds is 6. The average molecular weight is 248 g/mol. The van der Waals surface area contributed by atoms with Crippen LogP contribution < -0.4 is 5.73 Å². The molecule has 0 heterocycles. The monoisotopic (exact) mass is 248 g/mol. The van der Waals surface area contributed by atoms with E-state index in [1.165, 1.54) is 11.8 Å². The average Bonchev–Trinajstić information content (AvgIpc) is 2.23. The number of nitrogens with two attached hydrogens (primary N) is 1. The maximum absolute atomic E-state index is 11.5. The van der Waals surface area contributed by atoms with Crippen LogP contribution in [0.2, 0.25) is 0 Å². The minimum Gasteiger partial charge on any atom is -0.480 e. The summed E-state index contributed by atoms with van der Waals surface area (Å²) in [5.41, 5.74) is 5.54. The highest BCUT2D eigenvalue weighted by molar-refractivity contribution is 8.01. The van der Waals surface area contributed by atoms with E-state index in [0.717, 1.165) is 0 Å². The van der Waals surface area contributed by atoms with Crippen molar-refractivity contribution in [3.8, 4) is 0 Å². The van der Waals surface area contributed by atoms with E-state index in [2.05, 4.69) is 0 Å². The first-order valence-electron chi connectivity index (χ1n) is 5.08. The molecule has 16 heavy (non-hydrogen) atoms. The van der Waals surface area contributed by atoms with Gasteiger partial charge in [-0.1, -0.05) is 0 Å².